The second-order valence-corrected chi connectivity index (χ2v) is 12.1. The van der Waals surface area contributed by atoms with Gasteiger partial charge in [-0.15, -0.1) is 0 Å². The fourth-order valence-corrected chi connectivity index (χ4v) is 7.28. The van der Waals surface area contributed by atoms with Crippen molar-refractivity contribution in [2.45, 2.75) is 43.7 Å². The van der Waals surface area contributed by atoms with Crippen molar-refractivity contribution in [2.24, 2.45) is 0 Å². The van der Waals surface area contributed by atoms with Crippen LogP contribution >= 0.6 is 0 Å². The van der Waals surface area contributed by atoms with Crippen LogP contribution < -0.4 is 14.4 Å². The molecule has 1 atom stereocenters. The Hall–Kier alpha value is -4.37. The Labute approximate surface area is 247 Å². The van der Waals surface area contributed by atoms with Gasteiger partial charge in [0.15, 0.2) is 0 Å². The van der Waals surface area contributed by atoms with Crippen molar-refractivity contribution < 1.29 is 22.7 Å². The highest BCUT2D eigenvalue weighted by Gasteiger charge is 2.36. The summed E-state index contributed by atoms with van der Waals surface area (Å²) in [6.07, 6.45) is 0.720. The van der Waals surface area contributed by atoms with Crippen LogP contribution in [0.25, 0.3) is 10.8 Å². The van der Waals surface area contributed by atoms with E-state index in [1.165, 1.54) is 4.31 Å². The van der Waals surface area contributed by atoms with Gasteiger partial charge in [-0.1, -0.05) is 66.7 Å². The standard InChI is InChI=1S/C33H35N3O5S/c1-3-34-33(38)29(22-24-11-5-4-6-12-24)35(23-25-13-7-16-27(21-25)41-2)31(37)19-10-20-36-28-17-8-14-26-15-9-18-30(32(26)28)42(36,39)40/h4-9,11-18,21,29H,3,10,19-20,22-23H2,1-2H3,(H,34,38). The number of carbonyl (C=O) groups excluding carboxylic acids is 2. The molecule has 1 aliphatic rings. The van der Waals surface area contributed by atoms with E-state index >= 15 is 0 Å². The normalized spacial score (nSPS) is 14.0. The lowest BCUT2D eigenvalue weighted by molar-refractivity contribution is -0.141. The fraction of sp³-hybridized carbons (Fsp3) is 0.273. The number of ether oxygens (including phenoxy) is 1. The molecule has 1 N–H and O–H groups in total. The minimum atomic E-state index is -3.72. The highest BCUT2D eigenvalue weighted by atomic mass is 32.2. The third-order valence-electron chi connectivity index (χ3n) is 7.54. The molecule has 2 amide bonds. The molecule has 0 bridgehead atoms. The maximum atomic E-state index is 13.9. The molecule has 1 unspecified atom stereocenters. The monoisotopic (exact) mass is 585 g/mol. The van der Waals surface area contributed by atoms with E-state index in [-0.39, 0.29) is 31.3 Å². The van der Waals surface area contributed by atoms with Crippen LogP contribution in [0.1, 0.15) is 30.9 Å². The van der Waals surface area contributed by atoms with E-state index in [2.05, 4.69) is 5.32 Å². The zero-order chi connectivity index (χ0) is 29.7. The molecule has 4 aromatic carbocycles. The number of nitrogens with zero attached hydrogens (tertiary/aromatic N) is 2. The molecule has 8 nitrogen and oxygen atoms in total. The van der Waals surface area contributed by atoms with Crippen LogP contribution in [0.2, 0.25) is 0 Å². The second kappa shape index (κ2) is 12.7. The number of sulfonamides is 1. The molecule has 0 radical (unpaired) electrons. The van der Waals surface area contributed by atoms with Crippen molar-refractivity contribution in [3.63, 3.8) is 0 Å². The van der Waals surface area contributed by atoms with E-state index in [9.17, 15) is 18.0 Å². The molecule has 5 rings (SSSR count). The molecule has 0 aromatic heterocycles. The number of rotatable bonds is 12. The Morgan fingerprint density at radius 2 is 1.64 bits per heavy atom. The molecule has 0 saturated heterocycles. The van der Waals surface area contributed by atoms with E-state index in [0.717, 1.165) is 16.5 Å². The quantitative estimate of drug-likeness (QED) is 0.255. The SMILES string of the molecule is CCNC(=O)C(Cc1ccccc1)N(Cc1cccc(OC)c1)C(=O)CCCN1c2cccc3cccc(c23)S1(=O)=O. The van der Waals surface area contributed by atoms with Gasteiger partial charge < -0.3 is 15.0 Å². The molecule has 0 fully saturated rings. The van der Waals surface area contributed by atoms with E-state index in [1.54, 1.807) is 30.2 Å². The minimum Gasteiger partial charge on any atom is -0.497 e. The molecule has 1 aliphatic heterocycles. The molecule has 218 valence electrons. The van der Waals surface area contributed by atoms with Gasteiger partial charge >= 0.3 is 0 Å². The zero-order valence-corrected chi connectivity index (χ0v) is 24.6. The molecule has 0 aliphatic carbocycles. The van der Waals surface area contributed by atoms with Gasteiger partial charge in [0.25, 0.3) is 10.0 Å². The Morgan fingerprint density at radius 1 is 0.929 bits per heavy atom. The first-order valence-electron chi connectivity index (χ1n) is 14.1. The Balaban J connectivity index is 1.39. The lowest BCUT2D eigenvalue weighted by atomic mass is 10.0. The maximum absolute atomic E-state index is 13.9. The van der Waals surface area contributed by atoms with Crippen LogP contribution in [0.4, 0.5) is 5.69 Å². The molecule has 1 heterocycles. The largest absolute Gasteiger partial charge is 0.497 e. The number of nitrogens with one attached hydrogen (secondary N) is 1. The van der Waals surface area contributed by atoms with Gasteiger partial charge in [0.1, 0.15) is 11.8 Å². The number of hydrogen-bond acceptors (Lipinski definition) is 5. The molecule has 42 heavy (non-hydrogen) atoms. The zero-order valence-electron chi connectivity index (χ0n) is 23.8. The van der Waals surface area contributed by atoms with E-state index < -0.39 is 16.1 Å². The van der Waals surface area contributed by atoms with Crippen molar-refractivity contribution >= 4 is 38.3 Å². The highest BCUT2D eigenvalue weighted by molar-refractivity contribution is 7.93. The third-order valence-corrected chi connectivity index (χ3v) is 9.40. The molecule has 4 aromatic rings. The topological polar surface area (TPSA) is 96.0 Å². The van der Waals surface area contributed by atoms with Crippen LogP contribution in [0.3, 0.4) is 0 Å². The number of amides is 2. The van der Waals surface area contributed by atoms with E-state index in [1.807, 2.05) is 79.7 Å². The lowest BCUT2D eigenvalue weighted by Crippen LogP contribution is -2.50. The molecular formula is C33H35N3O5S. The van der Waals surface area contributed by atoms with Crippen LogP contribution in [0.15, 0.2) is 95.9 Å². The summed E-state index contributed by atoms with van der Waals surface area (Å²) in [6, 6.07) is 27.1. The van der Waals surface area contributed by atoms with Crippen LogP contribution in [-0.2, 0) is 32.6 Å². The van der Waals surface area contributed by atoms with Gasteiger partial charge in [-0.05, 0) is 54.1 Å². The number of anilines is 1. The van der Waals surface area contributed by atoms with Gasteiger partial charge in [0.2, 0.25) is 11.8 Å². The predicted octanol–water partition coefficient (Wildman–Crippen LogP) is 4.91. The van der Waals surface area contributed by atoms with Gasteiger partial charge in [-0.3, -0.25) is 13.9 Å². The van der Waals surface area contributed by atoms with Gasteiger partial charge in [-0.2, -0.15) is 0 Å². The first kappa shape index (κ1) is 29.1. The van der Waals surface area contributed by atoms with E-state index in [0.29, 0.717) is 41.1 Å². The van der Waals surface area contributed by atoms with Crippen LogP contribution in [0, 0.1) is 0 Å². The minimum absolute atomic E-state index is 0.0764. The molecule has 9 heteroatoms. The fourth-order valence-electron chi connectivity index (χ4n) is 5.53. The van der Waals surface area contributed by atoms with Crippen LogP contribution in [0.5, 0.6) is 5.75 Å². The first-order valence-corrected chi connectivity index (χ1v) is 15.6. The third kappa shape index (κ3) is 5.97. The summed E-state index contributed by atoms with van der Waals surface area (Å²) in [4.78, 5) is 29.2. The average Bonchev–Trinajstić information content (AvgIpc) is 3.22. The summed E-state index contributed by atoms with van der Waals surface area (Å²) in [7, 11) is -2.14. The smallest absolute Gasteiger partial charge is 0.265 e. The van der Waals surface area contributed by atoms with Crippen molar-refractivity contribution in [3.8, 4) is 5.75 Å². The molecule has 0 spiro atoms. The number of carbonyl (C=O) groups is 2. The highest BCUT2D eigenvalue weighted by Crippen LogP contribution is 2.42. The maximum Gasteiger partial charge on any atom is 0.265 e. The summed E-state index contributed by atoms with van der Waals surface area (Å²) >= 11 is 0. The molecular weight excluding hydrogens is 550 g/mol. The summed E-state index contributed by atoms with van der Waals surface area (Å²) in [5.41, 5.74) is 2.40. The Kier molecular flexibility index (Phi) is 8.77. The second-order valence-electron chi connectivity index (χ2n) is 10.3. The number of hydrogen-bond donors (Lipinski definition) is 1. The van der Waals surface area contributed by atoms with Gasteiger partial charge in [0, 0.05) is 37.9 Å². The number of likely N-dealkylation sites (N-methyl/N-ethyl adjacent to an activating group) is 1. The van der Waals surface area contributed by atoms with Crippen molar-refractivity contribution in [3.05, 3.63) is 102 Å². The van der Waals surface area contributed by atoms with Crippen LogP contribution in [-0.4, -0.2) is 51.4 Å². The summed E-state index contributed by atoms with van der Waals surface area (Å²) in [5.74, 6) is 0.199. The average molecular weight is 586 g/mol. The molecule has 0 saturated carbocycles. The summed E-state index contributed by atoms with van der Waals surface area (Å²) < 4.78 is 33.6. The first-order chi connectivity index (χ1) is 20.3. The lowest BCUT2D eigenvalue weighted by Gasteiger charge is -2.32. The predicted molar refractivity (Wildman–Crippen MR) is 164 cm³/mol. The Morgan fingerprint density at radius 3 is 2.38 bits per heavy atom. The number of methoxy groups -OCH3 is 1. The van der Waals surface area contributed by atoms with Crippen molar-refractivity contribution in [1.82, 2.24) is 10.2 Å². The van der Waals surface area contributed by atoms with Crippen molar-refractivity contribution in [1.29, 1.82) is 0 Å². The summed E-state index contributed by atoms with van der Waals surface area (Å²) in [6.45, 7) is 2.64. The van der Waals surface area contributed by atoms with Gasteiger partial charge in [-0.25, -0.2) is 8.42 Å². The Bertz CT molecular complexity index is 1690. The van der Waals surface area contributed by atoms with Crippen molar-refractivity contribution in [2.75, 3.05) is 24.5 Å². The van der Waals surface area contributed by atoms with Gasteiger partial charge in [0.05, 0.1) is 17.7 Å². The summed E-state index contributed by atoms with van der Waals surface area (Å²) in [5, 5.41) is 4.47. The number of benzene rings is 4. The van der Waals surface area contributed by atoms with E-state index in [4.69, 9.17) is 4.74 Å².